The summed E-state index contributed by atoms with van der Waals surface area (Å²) in [7, 11) is 4.94. The van der Waals surface area contributed by atoms with Crippen molar-refractivity contribution in [2.45, 2.75) is 76.3 Å². The standard InChI is InChI=1S/C49H59Cl2FN8O7/c1-30-8-6-9-37(56-30)20-34(21-45(61)62)47(64)60-19-7-18-49(29-60,24-32-10-14-35(50)15-11-32)59(4)48(65)42(28-66-5)58-46(63)31(2)54-25-39-40(52)22-36(51)23-43(39)67-38-16-12-33(13-17-38)41-26-55-44(57-41)27-53-3/h6,8-17,22-23,26,31,34,42,44,53-55,57H,7,18-21,24-25,27-29H2,1-5H3,(H,58,63)(H,61,62)/t31-,34+,42-,44?,49+/m0/s1. The van der Waals surface area contributed by atoms with Crippen LogP contribution in [0, 0.1) is 18.7 Å². The maximum atomic E-state index is 15.6. The van der Waals surface area contributed by atoms with Crippen LogP contribution in [-0.2, 0) is 43.3 Å². The van der Waals surface area contributed by atoms with Gasteiger partial charge in [-0.05, 0) is 112 Å². The largest absolute Gasteiger partial charge is 0.481 e. The molecule has 0 aliphatic carbocycles. The number of nitrogens with zero attached hydrogens (tertiary/aromatic N) is 3. The molecule has 15 nitrogen and oxygen atoms in total. The fourth-order valence-electron chi connectivity index (χ4n) is 8.56. The van der Waals surface area contributed by atoms with Crippen molar-refractivity contribution in [3.63, 3.8) is 0 Å². The molecular weight excluding hydrogens is 902 g/mol. The molecule has 3 aromatic carbocycles. The zero-order valence-corrected chi connectivity index (χ0v) is 39.8. The SMILES string of the molecule is CNCC1NC=C(c2ccc(Oc3cc(Cl)cc(F)c3CN[C@@H](C)C(=O)N[C@@H](COC)C(=O)N(C)[C@@]3(Cc4ccc(Cl)cc4)CCCN(C(=O)[C@@H](CC(=O)O)Cc4cccc(C)n4)C3)cc2)N1. The van der Waals surface area contributed by atoms with Crippen molar-refractivity contribution in [3.8, 4) is 11.5 Å². The van der Waals surface area contributed by atoms with Gasteiger partial charge in [-0.1, -0.05) is 41.4 Å². The first-order valence-corrected chi connectivity index (χ1v) is 22.9. The van der Waals surface area contributed by atoms with Crippen molar-refractivity contribution >= 4 is 52.6 Å². The lowest BCUT2D eigenvalue weighted by atomic mass is 9.80. The van der Waals surface area contributed by atoms with Crippen molar-refractivity contribution < 1.29 is 38.1 Å². The number of piperidine rings is 1. The number of likely N-dealkylation sites (N-methyl/N-ethyl adjacent to an activating group) is 2. The molecule has 6 rings (SSSR count). The maximum Gasteiger partial charge on any atom is 0.304 e. The number of nitrogens with one attached hydrogen (secondary N) is 5. The Hall–Kier alpha value is -5.78. The number of carboxylic acid groups (broad SMARTS) is 1. The Bertz CT molecular complexity index is 2410. The number of aryl methyl sites for hydroxylation is 1. The molecule has 1 unspecified atom stereocenters. The van der Waals surface area contributed by atoms with Crippen molar-refractivity contribution in [2.75, 3.05) is 47.4 Å². The lowest BCUT2D eigenvalue weighted by Gasteiger charge is -2.49. The minimum atomic E-state index is -1.15. The molecule has 0 spiro atoms. The highest BCUT2D eigenvalue weighted by molar-refractivity contribution is 6.31. The zero-order chi connectivity index (χ0) is 48.3. The van der Waals surface area contributed by atoms with Gasteiger partial charge in [0.15, 0.2) is 0 Å². The molecule has 3 heterocycles. The predicted molar refractivity (Wildman–Crippen MR) is 255 cm³/mol. The monoisotopic (exact) mass is 960 g/mol. The minimum absolute atomic E-state index is 0.0585. The van der Waals surface area contributed by atoms with Crippen LogP contribution in [0.25, 0.3) is 5.70 Å². The van der Waals surface area contributed by atoms with E-state index in [0.717, 1.165) is 29.1 Å². The number of benzene rings is 3. The second-order valence-corrected chi connectivity index (χ2v) is 18.0. The number of aliphatic carboxylic acids is 1. The van der Waals surface area contributed by atoms with Crippen LogP contribution in [0.4, 0.5) is 4.39 Å². The lowest BCUT2D eigenvalue weighted by molar-refractivity contribution is -0.151. The van der Waals surface area contributed by atoms with Gasteiger partial charge in [-0.25, -0.2) is 4.39 Å². The number of ether oxygens (including phenoxy) is 2. The molecule has 2 aliphatic heterocycles. The maximum absolute atomic E-state index is 15.6. The van der Waals surface area contributed by atoms with Crippen LogP contribution >= 0.6 is 23.2 Å². The molecule has 5 atom stereocenters. The molecule has 0 bridgehead atoms. The van der Waals surface area contributed by atoms with Gasteiger partial charge in [0, 0.05) is 80.0 Å². The van der Waals surface area contributed by atoms with Gasteiger partial charge in [-0.15, -0.1) is 0 Å². The molecule has 6 N–H and O–H groups in total. The quantitative estimate of drug-likeness (QED) is 0.0603. The van der Waals surface area contributed by atoms with E-state index < -0.39 is 53.6 Å². The zero-order valence-electron chi connectivity index (χ0n) is 38.3. The number of carbonyl (C=O) groups excluding carboxylic acids is 3. The van der Waals surface area contributed by atoms with Gasteiger partial charge in [-0.3, -0.25) is 24.2 Å². The second-order valence-electron chi connectivity index (χ2n) is 17.1. The van der Waals surface area contributed by atoms with Crippen molar-refractivity contribution in [2.24, 2.45) is 5.92 Å². The molecule has 18 heteroatoms. The summed E-state index contributed by atoms with van der Waals surface area (Å²) in [6.45, 7) is 4.32. The Labute approximate surface area is 400 Å². The number of methoxy groups -OCH3 is 1. The van der Waals surface area contributed by atoms with Gasteiger partial charge in [0.1, 0.15) is 29.5 Å². The molecular formula is C49H59Cl2FN8O7. The molecule has 1 saturated heterocycles. The highest BCUT2D eigenvalue weighted by Gasteiger charge is 2.45. The van der Waals surface area contributed by atoms with E-state index in [-0.39, 0.29) is 54.5 Å². The first-order chi connectivity index (χ1) is 32.1. The molecule has 2 aliphatic rings. The van der Waals surface area contributed by atoms with E-state index in [4.69, 9.17) is 32.7 Å². The van der Waals surface area contributed by atoms with E-state index in [1.54, 1.807) is 54.1 Å². The second kappa shape index (κ2) is 23.3. The van der Waals surface area contributed by atoms with Crippen LogP contribution in [0.3, 0.4) is 0 Å². The normalized spacial score (nSPS) is 18.2. The molecule has 1 fully saturated rings. The third-order valence-corrected chi connectivity index (χ3v) is 12.6. The summed E-state index contributed by atoms with van der Waals surface area (Å²) in [4.78, 5) is 62.7. The minimum Gasteiger partial charge on any atom is -0.481 e. The Morgan fingerprint density at radius 3 is 2.49 bits per heavy atom. The molecule has 0 saturated carbocycles. The van der Waals surface area contributed by atoms with Gasteiger partial charge in [-0.2, -0.15) is 0 Å². The number of halogens is 3. The smallest absolute Gasteiger partial charge is 0.304 e. The predicted octanol–water partition coefficient (Wildman–Crippen LogP) is 5.67. The van der Waals surface area contributed by atoms with Crippen molar-refractivity contribution in [1.82, 2.24) is 41.4 Å². The fourth-order valence-corrected chi connectivity index (χ4v) is 8.88. The van der Waals surface area contributed by atoms with Gasteiger partial charge in [0.25, 0.3) is 0 Å². The summed E-state index contributed by atoms with van der Waals surface area (Å²) in [5.41, 5.74) is 3.22. The number of rotatable bonds is 21. The summed E-state index contributed by atoms with van der Waals surface area (Å²) in [5.74, 6) is -3.39. The fraction of sp³-hybridized carbons (Fsp3) is 0.408. The van der Waals surface area contributed by atoms with Gasteiger partial charge in [0.05, 0.1) is 36.2 Å². The summed E-state index contributed by atoms with van der Waals surface area (Å²) >= 11 is 12.5. The van der Waals surface area contributed by atoms with E-state index >= 15 is 4.39 Å². The average molecular weight is 962 g/mol. The molecule has 358 valence electrons. The van der Waals surface area contributed by atoms with Gasteiger partial charge < -0.3 is 51.0 Å². The van der Waals surface area contributed by atoms with Crippen LogP contribution in [0.1, 0.15) is 54.3 Å². The number of likely N-dealkylation sites (tertiary alicyclic amines) is 1. The summed E-state index contributed by atoms with van der Waals surface area (Å²) < 4.78 is 27.2. The first-order valence-electron chi connectivity index (χ1n) is 22.2. The van der Waals surface area contributed by atoms with Crippen molar-refractivity contribution in [3.05, 3.63) is 129 Å². The Morgan fingerprint density at radius 1 is 1.06 bits per heavy atom. The summed E-state index contributed by atoms with van der Waals surface area (Å²) in [6, 6.07) is 20.6. The number of carboxylic acids is 1. The van der Waals surface area contributed by atoms with Crippen LogP contribution in [0.2, 0.25) is 10.0 Å². The van der Waals surface area contributed by atoms with E-state index in [0.29, 0.717) is 42.3 Å². The lowest BCUT2D eigenvalue weighted by Crippen LogP contribution is -2.65. The number of amides is 3. The number of hydrogen-bond donors (Lipinski definition) is 6. The highest BCUT2D eigenvalue weighted by Crippen LogP contribution is 2.34. The van der Waals surface area contributed by atoms with Crippen LogP contribution in [0.5, 0.6) is 11.5 Å². The number of hydrogen-bond acceptors (Lipinski definition) is 11. The summed E-state index contributed by atoms with van der Waals surface area (Å²) in [5, 5.41) is 26.2. The Kier molecular flexibility index (Phi) is 17.6. The van der Waals surface area contributed by atoms with Crippen LogP contribution < -0.4 is 31.3 Å². The third kappa shape index (κ3) is 13.4. The topological polar surface area (TPSA) is 186 Å². The van der Waals surface area contributed by atoms with Crippen LogP contribution in [0.15, 0.2) is 85.1 Å². The number of carbonyl (C=O) groups is 4. The Morgan fingerprint density at radius 2 is 1.81 bits per heavy atom. The summed E-state index contributed by atoms with van der Waals surface area (Å²) in [6.07, 6.45) is 3.05. The average Bonchev–Trinajstić information content (AvgIpc) is 3.77. The molecule has 4 aromatic rings. The van der Waals surface area contributed by atoms with Crippen LogP contribution in [-0.4, -0.2) is 115 Å². The number of aromatic nitrogens is 1. The van der Waals surface area contributed by atoms with Gasteiger partial charge >= 0.3 is 5.97 Å². The Balaban J connectivity index is 1.16. The molecule has 3 amide bonds. The molecule has 0 radical (unpaired) electrons. The van der Waals surface area contributed by atoms with E-state index in [2.05, 4.69) is 31.6 Å². The van der Waals surface area contributed by atoms with Crippen molar-refractivity contribution in [1.29, 1.82) is 0 Å². The highest BCUT2D eigenvalue weighted by atomic mass is 35.5. The molecule has 67 heavy (non-hydrogen) atoms. The van der Waals surface area contributed by atoms with E-state index in [9.17, 15) is 24.3 Å². The van der Waals surface area contributed by atoms with E-state index in [1.165, 1.54) is 19.2 Å². The van der Waals surface area contributed by atoms with Gasteiger partial charge in [0.2, 0.25) is 17.7 Å². The molecule has 1 aromatic heterocycles. The van der Waals surface area contributed by atoms with E-state index in [1.807, 2.05) is 56.6 Å². The third-order valence-electron chi connectivity index (χ3n) is 12.1. The first kappa shape index (κ1) is 50.6. The number of pyridine rings is 1.